The molecule has 3 aromatic heterocycles. The van der Waals surface area contributed by atoms with E-state index in [0.717, 1.165) is 27.4 Å². The topological polar surface area (TPSA) is 80.9 Å². The lowest BCUT2D eigenvalue weighted by Gasteiger charge is -2.00. The van der Waals surface area contributed by atoms with Crippen molar-refractivity contribution in [2.24, 2.45) is 0 Å². The van der Waals surface area contributed by atoms with Crippen LogP contribution in [0.15, 0.2) is 52.9 Å². The molecular formula is C18H14N4O2S2. The molecule has 0 aliphatic carbocycles. The maximum Gasteiger partial charge on any atom is 0.355 e. The molecule has 0 saturated heterocycles. The van der Waals surface area contributed by atoms with Crippen molar-refractivity contribution in [3.05, 3.63) is 53.5 Å². The Labute approximate surface area is 157 Å². The van der Waals surface area contributed by atoms with Gasteiger partial charge in [-0.3, -0.25) is 0 Å². The van der Waals surface area contributed by atoms with Crippen LogP contribution in [0.4, 0.5) is 0 Å². The van der Waals surface area contributed by atoms with E-state index < -0.39 is 5.97 Å². The molecule has 8 heteroatoms. The van der Waals surface area contributed by atoms with Gasteiger partial charge in [0.15, 0.2) is 11.3 Å². The highest BCUT2D eigenvalue weighted by Gasteiger charge is 2.18. The molecule has 0 amide bonds. The molecule has 0 saturated carbocycles. The van der Waals surface area contributed by atoms with Crippen LogP contribution in [0.2, 0.25) is 0 Å². The van der Waals surface area contributed by atoms with E-state index in [4.69, 9.17) is 15.2 Å². The Morgan fingerprint density at radius 3 is 2.69 bits per heavy atom. The molecule has 26 heavy (non-hydrogen) atoms. The number of aromatic nitrogens is 4. The van der Waals surface area contributed by atoms with Gasteiger partial charge in [0, 0.05) is 16.3 Å². The van der Waals surface area contributed by atoms with Crippen LogP contribution in [0.5, 0.6) is 0 Å². The molecule has 4 aromatic rings. The minimum atomic E-state index is -1.05. The van der Waals surface area contributed by atoms with Gasteiger partial charge < -0.3 is 5.11 Å². The van der Waals surface area contributed by atoms with Gasteiger partial charge in [-0.05, 0) is 17.9 Å². The molecule has 0 aliphatic heterocycles. The monoisotopic (exact) mass is 382 g/mol. The third-order valence-electron chi connectivity index (χ3n) is 3.74. The van der Waals surface area contributed by atoms with E-state index in [0.29, 0.717) is 10.8 Å². The van der Waals surface area contributed by atoms with Crippen LogP contribution in [0, 0.1) is 0 Å². The van der Waals surface area contributed by atoms with Gasteiger partial charge in [0.05, 0.1) is 5.03 Å². The zero-order valence-corrected chi connectivity index (χ0v) is 15.4. The summed E-state index contributed by atoms with van der Waals surface area (Å²) in [6.45, 7) is 2.07. The zero-order chi connectivity index (χ0) is 18.1. The van der Waals surface area contributed by atoms with E-state index in [1.54, 1.807) is 16.4 Å². The summed E-state index contributed by atoms with van der Waals surface area (Å²) in [6, 6.07) is 13.9. The Balaban J connectivity index is 1.95. The summed E-state index contributed by atoms with van der Waals surface area (Å²) in [7, 11) is 0. The van der Waals surface area contributed by atoms with Gasteiger partial charge in [-0.15, -0.1) is 23.1 Å². The molecular weight excluding hydrogens is 368 g/mol. The second-order valence-electron chi connectivity index (χ2n) is 5.40. The number of benzene rings is 1. The van der Waals surface area contributed by atoms with Crippen molar-refractivity contribution < 1.29 is 9.90 Å². The van der Waals surface area contributed by atoms with Gasteiger partial charge in [-0.1, -0.05) is 37.3 Å². The molecule has 1 aromatic carbocycles. The van der Waals surface area contributed by atoms with Crippen molar-refractivity contribution in [1.29, 1.82) is 0 Å². The molecule has 4 rings (SSSR count). The Morgan fingerprint density at radius 1 is 1.19 bits per heavy atom. The fourth-order valence-electron chi connectivity index (χ4n) is 2.61. The predicted octanol–water partition coefficient (Wildman–Crippen LogP) is 4.35. The van der Waals surface area contributed by atoms with Crippen LogP contribution in [0.1, 0.15) is 17.4 Å². The maximum absolute atomic E-state index is 11.2. The fraction of sp³-hybridized carbons (Fsp3) is 0.111. The number of carboxylic acids is 1. The maximum atomic E-state index is 11.2. The van der Waals surface area contributed by atoms with Gasteiger partial charge in [0.25, 0.3) is 0 Å². The van der Waals surface area contributed by atoms with Gasteiger partial charge in [-0.25, -0.2) is 14.8 Å². The summed E-state index contributed by atoms with van der Waals surface area (Å²) in [5.74, 6) is -0.138. The first-order chi connectivity index (χ1) is 12.7. The first-order valence-electron chi connectivity index (χ1n) is 7.94. The number of aromatic carboxylic acids is 1. The van der Waals surface area contributed by atoms with E-state index in [9.17, 15) is 4.79 Å². The number of pyridine rings is 1. The van der Waals surface area contributed by atoms with Crippen molar-refractivity contribution in [3.63, 3.8) is 0 Å². The standard InChI is InChI=1S/C18H14N4O2S2/c1-2-25-14-9-8-12-15(11-6-4-3-5-7-11)21-22(16(12)20-14)18-19-13(10-26-18)17(23)24/h3-10H,2H2,1H3,(H,23,24). The number of thioether (sulfide) groups is 1. The molecule has 6 nitrogen and oxygen atoms in total. The molecule has 1 N–H and O–H groups in total. The highest BCUT2D eigenvalue weighted by atomic mass is 32.2. The highest BCUT2D eigenvalue weighted by molar-refractivity contribution is 7.99. The molecule has 0 atom stereocenters. The third kappa shape index (κ3) is 2.97. The molecule has 3 heterocycles. The predicted molar refractivity (Wildman–Crippen MR) is 103 cm³/mol. The number of fused-ring (bicyclic) bond motifs is 1. The van der Waals surface area contributed by atoms with E-state index >= 15 is 0 Å². The second kappa shape index (κ2) is 6.89. The Kier molecular flexibility index (Phi) is 4.44. The smallest absolute Gasteiger partial charge is 0.355 e. The molecule has 0 radical (unpaired) electrons. The van der Waals surface area contributed by atoms with Crippen molar-refractivity contribution >= 4 is 40.1 Å². The summed E-state index contributed by atoms with van der Waals surface area (Å²) >= 11 is 2.88. The summed E-state index contributed by atoms with van der Waals surface area (Å²) < 4.78 is 1.63. The number of thiazole rings is 1. The van der Waals surface area contributed by atoms with Crippen LogP contribution >= 0.6 is 23.1 Å². The normalized spacial score (nSPS) is 11.1. The molecule has 0 fully saturated rings. The quantitative estimate of drug-likeness (QED) is 0.517. The fourth-order valence-corrected chi connectivity index (χ4v) is 3.97. The average molecular weight is 382 g/mol. The first-order valence-corrected chi connectivity index (χ1v) is 9.81. The van der Waals surface area contributed by atoms with Crippen LogP contribution in [-0.4, -0.2) is 36.6 Å². The van der Waals surface area contributed by atoms with Crippen LogP contribution in [0.25, 0.3) is 27.4 Å². The average Bonchev–Trinajstić information content (AvgIpc) is 3.27. The number of nitrogens with zero attached hydrogens (tertiary/aromatic N) is 4. The number of hydrogen-bond donors (Lipinski definition) is 1. The summed E-state index contributed by atoms with van der Waals surface area (Å²) in [5, 5.41) is 17.7. The third-order valence-corrected chi connectivity index (χ3v) is 5.37. The lowest BCUT2D eigenvalue weighted by atomic mass is 10.1. The van der Waals surface area contributed by atoms with E-state index in [-0.39, 0.29) is 5.69 Å². The van der Waals surface area contributed by atoms with E-state index in [1.165, 1.54) is 16.7 Å². The van der Waals surface area contributed by atoms with E-state index in [1.807, 2.05) is 42.5 Å². The minimum absolute atomic E-state index is 0.00833. The lowest BCUT2D eigenvalue weighted by molar-refractivity contribution is 0.0691. The lowest BCUT2D eigenvalue weighted by Crippen LogP contribution is -2.01. The van der Waals surface area contributed by atoms with Gasteiger partial charge >= 0.3 is 5.97 Å². The number of rotatable bonds is 5. The number of carbonyl (C=O) groups is 1. The van der Waals surface area contributed by atoms with Crippen LogP contribution < -0.4 is 0 Å². The molecule has 0 aliphatic rings. The SMILES string of the molecule is CCSc1ccc2c(-c3ccccc3)nn(-c3nc(C(=O)O)cs3)c2n1. The summed E-state index contributed by atoms with van der Waals surface area (Å²) in [5.41, 5.74) is 2.46. The van der Waals surface area contributed by atoms with Crippen molar-refractivity contribution in [2.45, 2.75) is 11.9 Å². The van der Waals surface area contributed by atoms with Crippen molar-refractivity contribution in [2.75, 3.05) is 5.75 Å². The molecule has 130 valence electrons. The zero-order valence-electron chi connectivity index (χ0n) is 13.8. The minimum Gasteiger partial charge on any atom is -0.476 e. The first kappa shape index (κ1) is 16.7. The Bertz CT molecular complexity index is 1090. The van der Waals surface area contributed by atoms with Gasteiger partial charge in [-0.2, -0.15) is 9.78 Å². The van der Waals surface area contributed by atoms with Crippen LogP contribution in [0.3, 0.4) is 0 Å². The van der Waals surface area contributed by atoms with Gasteiger partial charge in [0.2, 0.25) is 5.13 Å². The van der Waals surface area contributed by atoms with Crippen LogP contribution in [-0.2, 0) is 0 Å². The summed E-state index contributed by atoms with van der Waals surface area (Å²) in [4.78, 5) is 20.1. The Morgan fingerprint density at radius 2 is 2.00 bits per heavy atom. The Hall–Kier alpha value is -2.71. The molecule has 0 bridgehead atoms. The second-order valence-corrected chi connectivity index (χ2v) is 7.52. The molecule has 0 spiro atoms. The van der Waals surface area contributed by atoms with Crippen molar-refractivity contribution in [3.8, 4) is 16.4 Å². The summed E-state index contributed by atoms with van der Waals surface area (Å²) in [6.07, 6.45) is 0. The number of carboxylic acid groups (broad SMARTS) is 1. The highest BCUT2D eigenvalue weighted by Crippen LogP contribution is 2.31. The largest absolute Gasteiger partial charge is 0.476 e. The van der Waals surface area contributed by atoms with E-state index in [2.05, 4.69) is 11.9 Å². The molecule has 0 unspecified atom stereocenters. The van der Waals surface area contributed by atoms with Crippen molar-refractivity contribution in [1.82, 2.24) is 19.7 Å². The van der Waals surface area contributed by atoms with Gasteiger partial charge in [0.1, 0.15) is 5.69 Å². The number of hydrogen-bond acceptors (Lipinski definition) is 6.